The quantitative estimate of drug-likeness (QED) is 0.940. The van der Waals surface area contributed by atoms with Gasteiger partial charge in [0.2, 0.25) is 0 Å². The van der Waals surface area contributed by atoms with Gasteiger partial charge in [0, 0.05) is 17.5 Å². The number of nitrogens with zero attached hydrogens (tertiary/aromatic N) is 2. The van der Waals surface area contributed by atoms with E-state index in [1.165, 1.54) is 11.3 Å². The molecule has 1 N–H and O–H groups in total. The van der Waals surface area contributed by atoms with Crippen LogP contribution in [0.25, 0.3) is 10.8 Å². The van der Waals surface area contributed by atoms with E-state index in [0.717, 1.165) is 4.88 Å². The van der Waals surface area contributed by atoms with Crippen LogP contribution in [-0.4, -0.2) is 39.5 Å². The maximum Gasteiger partial charge on any atom is 0.308 e. The van der Waals surface area contributed by atoms with E-state index < -0.39 is 11.9 Å². The number of furan rings is 1. The molecule has 3 heterocycles. The summed E-state index contributed by atoms with van der Waals surface area (Å²) in [5, 5.41) is 9.83. The molecule has 2 unspecified atom stereocenters. The van der Waals surface area contributed by atoms with E-state index in [2.05, 4.69) is 4.98 Å². The summed E-state index contributed by atoms with van der Waals surface area (Å²) in [6, 6.07) is 3.25. The zero-order valence-electron chi connectivity index (χ0n) is 12.3. The molecule has 7 heteroatoms. The van der Waals surface area contributed by atoms with E-state index >= 15 is 0 Å². The fourth-order valence-electron chi connectivity index (χ4n) is 2.79. The summed E-state index contributed by atoms with van der Waals surface area (Å²) < 4.78 is 5.31. The molecule has 116 valence electrons. The van der Waals surface area contributed by atoms with Crippen molar-refractivity contribution in [2.45, 2.75) is 26.3 Å². The second kappa shape index (κ2) is 5.57. The van der Waals surface area contributed by atoms with Gasteiger partial charge in [-0.3, -0.25) is 9.59 Å². The highest BCUT2D eigenvalue weighted by Gasteiger charge is 2.39. The molecule has 2 aromatic rings. The Balaban J connectivity index is 1.86. The minimum absolute atomic E-state index is 0.206. The lowest BCUT2D eigenvalue weighted by molar-refractivity contribution is -0.142. The predicted molar refractivity (Wildman–Crippen MR) is 80.8 cm³/mol. The molecule has 0 aromatic carbocycles. The monoisotopic (exact) mass is 320 g/mol. The maximum atomic E-state index is 12.7. The smallest absolute Gasteiger partial charge is 0.308 e. The first-order valence-corrected chi connectivity index (χ1v) is 7.85. The second-order valence-electron chi connectivity index (χ2n) is 5.37. The van der Waals surface area contributed by atoms with Gasteiger partial charge in [-0.25, -0.2) is 4.98 Å². The Hall–Kier alpha value is -2.15. The van der Waals surface area contributed by atoms with Crippen molar-refractivity contribution in [2.24, 2.45) is 5.92 Å². The van der Waals surface area contributed by atoms with Gasteiger partial charge in [0.25, 0.3) is 5.91 Å². The van der Waals surface area contributed by atoms with Crippen molar-refractivity contribution >= 4 is 23.2 Å². The zero-order valence-corrected chi connectivity index (χ0v) is 13.1. The summed E-state index contributed by atoms with van der Waals surface area (Å²) in [5.74, 6) is -0.936. The number of carboxylic acids is 1. The molecule has 0 saturated carbocycles. The molecule has 1 fully saturated rings. The number of aliphatic carboxylic acids is 1. The minimum atomic E-state index is -0.853. The number of aromatic nitrogens is 1. The highest BCUT2D eigenvalue weighted by Crippen LogP contribution is 2.31. The minimum Gasteiger partial charge on any atom is -0.481 e. The first-order chi connectivity index (χ1) is 10.5. The molecule has 1 amide bonds. The lowest BCUT2D eigenvalue weighted by Crippen LogP contribution is -2.38. The third-order valence-electron chi connectivity index (χ3n) is 4.06. The summed E-state index contributed by atoms with van der Waals surface area (Å²) >= 11 is 1.40. The molecular weight excluding hydrogens is 304 g/mol. The normalized spacial score (nSPS) is 21.3. The third-order valence-corrected chi connectivity index (χ3v) is 5.05. The van der Waals surface area contributed by atoms with E-state index in [4.69, 9.17) is 4.42 Å². The van der Waals surface area contributed by atoms with E-state index in [1.807, 2.05) is 6.92 Å². The molecular formula is C15H16N2O4S. The molecule has 0 spiro atoms. The van der Waals surface area contributed by atoms with Crippen LogP contribution in [-0.2, 0) is 4.79 Å². The van der Waals surface area contributed by atoms with Crippen LogP contribution in [0, 0.1) is 12.8 Å². The van der Waals surface area contributed by atoms with Crippen LogP contribution in [0.5, 0.6) is 0 Å². The molecule has 0 aliphatic carbocycles. The summed E-state index contributed by atoms with van der Waals surface area (Å²) in [4.78, 5) is 30.7. The van der Waals surface area contributed by atoms with Crippen LogP contribution in [0.4, 0.5) is 0 Å². The first-order valence-electron chi connectivity index (χ1n) is 7.04. The van der Waals surface area contributed by atoms with Gasteiger partial charge in [-0.1, -0.05) is 0 Å². The van der Waals surface area contributed by atoms with Crippen molar-refractivity contribution in [1.29, 1.82) is 0 Å². The number of aryl methyl sites for hydroxylation is 1. The Kier molecular flexibility index (Phi) is 3.74. The molecule has 1 aliphatic heterocycles. The Morgan fingerprint density at radius 3 is 2.86 bits per heavy atom. The fraction of sp³-hybridized carbons (Fsp3) is 0.400. The molecule has 1 aliphatic rings. The Bertz CT molecular complexity index is 707. The van der Waals surface area contributed by atoms with Gasteiger partial charge in [0.1, 0.15) is 5.69 Å². The van der Waals surface area contributed by atoms with Crippen molar-refractivity contribution < 1.29 is 19.1 Å². The van der Waals surface area contributed by atoms with Gasteiger partial charge in [0.15, 0.2) is 10.8 Å². The molecule has 2 atom stereocenters. The number of hydrogen-bond donors (Lipinski definition) is 1. The Morgan fingerprint density at radius 1 is 1.50 bits per heavy atom. The second-order valence-corrected chi connectivity index (χ2v) is 6.58. The SMILES string of the molecule is Cc1sc(-c2ccco2)nc1C(=O)N1CCC(C(=O)O)C1C. The topological polar surface area (TPSA) is 83.6 Å². The van der Waals surface area contributed by atoms with Gasteiger partial charge < -0.3 is 14.4 Å². The predicted octanol–water partition coefficient (Wildman–Crippen LogP) is 2.65. The van der Waals surface area contributed by atoms with Crippen LogP contribution >= 0.6 is 11.3 Å². The molecule has 3 rings (SSSR count). The van der Waals surface area contributed by atoms with Crippen LogP contribution in [0.1, 0.15) is 28.7 Å². The van der Waals surface area contributed by atoms with E-state index in [1.54, 1.807) is 30.2 Å². The summed E-state index contributed by atoms with van der Waals surface area (Å²) in [7, 11) is 0. The van der Waals surface area contributed by atoms with Gasteiger partial charge in [-0.2, -0.15) is 0 Å². The first kappa shape index (κ1) is 14.8. The van der Waals surface area contributed by atoms with Crippen LogP contribution < -0.4 is 0 Å². The molecule has 1 saturated heterocycles. The number of carboxylic acid groups (broad SMARTS) is 1. The number of rotatable bonds is 3. The number of likely N-dealkylation sites (tertiary alicyclic amines) is 1. The van der Waals surface area contributed by atoms with Gasteiger partial charge in [-0.15, -0.1) is 11.3 Å². The molecule has 2 aromatic heterocycles. The highest BCUT2D eigenvalue weighted by atomic mass is 32.1. The fourth-order valence-corrected chi connectivity index (χ4v) is 3.67. The maximum absolute atomic E-state index is 12.7. The summed E-state index contributed by atoms with van der Waals surface area (Å²) in [5.41, 5.74) is 0.384. The van der Waals surface area contributed by atoms with Crippen molar-refractivity contribution in [3.05, 3.63) is 29.0 Å². The van der Waals surface area contributed by atoms with Crippen molar-refractivity contribution in [1.82, 2.24) is 9.88 Å². The van der Waals surface area contributed by atoms with E-state index in [0.29, 0.717) is 29.4 Å². The van der Waals surface area contributed by atoms with Crippen LogP contribution in [0.15, 0.2) is 22.8 Å². The number of thiazole rings is 1. The summed E-state index contributed by atoms with van der Waals surface area (Å²) in [6.07, 6.45) is 2.05. The van der Waals surface area contributed by atoms with E-state index in [-0.39, 0.29) is 11.9 Å². The number of amides is 1. The lowest BCUT2D eigenvalue weighted by atomic mass is 10.0. The van der Waals surface area contributed by atoms with Crippen LogP contribution in [0.2, 0.25) is 0 Å². The zero-order chi connectivity index (χ0) is 15.9. The molecule has 22 heavy (non-hydrogen) atoms. The molecule has 6 nitrogen and oxygen atoms in total. The number of hydrogen-bond acceptors (Lipinski definition) is 5. The Labute approximate surface area is 131 Å². The molecule has 0 radical (unpaired) electrons. The average Bonchev–Trinajstić information content (AvgIpc) is 3.16. The largest absolute Gasteiger partial charge is 0.481 e. The highest BCUT2D eigenvalue weighted by molar-refractivity contribution is 7.15. The number of carbonyl (C=O) groups excluding carboxylic acids is 1. The van der Waals surface area contributed by atoms with Crippen molar-refractivity contribution in [3.8, 4) is 10.8 Å². The van der Waals surface area contributed by atoms with Crippen molar-refractivity contribution in [2.75, 3.05) is 6.54 Å². The number of carbonyl (C=O) groups is 2. The third kappa shape index (κ3) is 2.41. The standard InChI is InChI=1S/C15H16N2O4S/c1-8-10(15(19)20)5-6-17(8)14(18)12-9(2)22-13(16-12)11-4-3-7-21-11/h3-4,7-8,10H,5-6H2,1-2H3,(H,19,20). The van der Waals surface area contributed by atoms with Gasteiger partial charge in [0.05, 0.1) is 12.2 Å². The Morgan fingerprint density at radius 2 is 2.27 bits per heavy atom. The van der Waals surface area contributed by atoms with Gasteiger partial charge in [-0.05, 0) is 32.4 Å². The van der Waals surface area contributed by atoms with Crippen LogP contribution in [0.3, 0.4) is 0 Å². The van der Waals surface area contributed by atoms with Gasteiger partial charge >= 0.3 is 5.97 Å². The van der Waals surface area contributed by atoms with Crippen molar-refractivity contribution in [3.63, 3.8) is 0 Å². The average molecular weight is 320 g/mol. The molecule has 0 bridgehead atoms. The lowest BCUT2D eigenvalue weighted by Gasteiger charge is -2.22. The van der Waals surface area contributed by atoms with E-state index in [9.17, 15) is 14.7 Å². The summed E-state index contributed by atoms with van der Waals surface area (Å²) in [6.45, 7) is 4.07.